The molecule has 1 atom stereocenters. The third-order valence-corrected chi connectivity index (χ3v) is 6.86. The van der Waals surface area contributed by atoms with Crippen LogP contribution >= 0.6 is 22.9 Å². The van der Waals surface area contributed by atoms with Gasteiger partial charge in [0.25, 0.3) is 0 Å². The highest BCUT2D eigenvalue weighted by Crippen LogP contribution is 2.55. The number of benzene rings is 2. The Morgan fingerprint density at radius 3 is 2.66 bits per heavy atom. The molecule has 146 valence electrons. The van der Waals surface area contributed by atoms with Crippen molar-refractivity contribution in [3.8, 4) is 17.2 Å². The van der Waals surface area contributed by atoms with Crippen molar-refractivity contribution in [1.29, 1.82) is 0 Å². The lowest BCUT2D eigenvalue weighted by Crippen LogP contribution is -2.42. The first-order valence-electron chi connectivity index (χ1n) is 8.99. The summed E-state index contributed by atoms with van der Waals surface area (Å²) in [4.78, 5) is 16.4. The van der Waals surface area contributed by atoms with E-state index in [9.17, 15) is 9.18 Å². The topological polar surface area (TPSA) is 48.0 Å². The molecule has 1 amide bonds. The quantitative estimate of drug-likeness (QED) is 0.602. The van der Waals surface area contributed by atoms with Crippen molar-refractivity contribution in [1.82, 2.24) is 0 Å². The van der Waals surface area contributed by atoms with Crippen LogP contribution in [-0.4, -0.2) is 19.3 Å². The number of fused-ring (bicyclic) bond motifs is 5. The lowest BCUT2D eigenvalue weighted by Gasteiger charge is -2.23. The second-order valence-electron chi connectivity index (χ2n) is 7.15. The second-order valence-corrected chi connectivity index (χ2v) is 8.95. The van der Waals surface area contributed by atoms with Crippen molar-refractivity contribution < 1.29 is 23.4 Å². The van der Waals surface area contributed by atoms with Gasteiger partial charge in [0, 0.05) is 27.8 Å². The third-order valence-electron chi connectivity index (χ3n) is 5.64. The summed E-state index contributed by atoms with van der Waals surface area (Å²) in [6.07, 6.45) is 0. The van der Waals surface area contributed by atoms with Crippen LogP contribution in [0.25, 0.3) is 0 Å². The van der Waals surface area contributed by atoms with Gasteiger partial charge in [-0.1, -0.05) is 11.6 Å². The first kappa shape index (κ1) is 17.1. The van der Waals surface area contributed by atoms with Gasteiger partial charge in [0.2, 0.25) is 12.7 Å². The van der Waals surface area contributed by atoms with Gasteiger partial charge in [-0.25, -0.2) is 4.39 Å². The average Bonchev–Trinajstić information content (AvgIpc) is 3.45. The lowest BCUT2D eigenvalue weighted by atomic mass is 9.77. The van der Waals surface area contributed by atoms with Crippen molar-refractivity contribution in [3.05, 3.63) is 68.6 Å². The minimum absolute atomic E-state index is 0.0994. The summed E-state index contributed by atoms with van der Waals surface area (Å²) in [6, 6.07) is 11.7. The zero-order chi connectivity index (χ0) is 19.8. The monoisotopic (exact) mass is 429 g/mol. The van der Waals surface area contributed by atoms with E-state index in [1.807, 2.05) is 6.07 Å². The molecule has 0 N–H and O–H groups in total. The van der Waals surface area contributed by atoms with E-state index in [1.54, 1.807) is 29.2 Å². The smallest absolute Gasteiger partial charge is 0.246 e. The van der Waals surface area contributed by atoms with Gasteiger partial charge in [-0.3, -0.25) is 4.79 Å². The number of nitrogens with zero attached hydrogens (tertiary/aromatic N) is 1. The van der Waals surface area contributed by atoms with Crippen LogP contribution in [0.5, 0.6) is 17.2 Å². The normalized spacial score (nSPS) is 20.9. The van der Waals surface area contributed by atoms with Crippen molar-refractivity contribution >= 4 is 34.5 Å². The van der Waals surface area contributed by atoms with Gasteiger partial charge in [-0.2, -0.15) is 0 Å². The number of anilines is 1. The minimum Gasteiger partial charge on any atom is -0.491 e. The molecule has 6 rings (SSSR count). The fourth-order valence-corrected chi connectivity index (χ4v) is 5.41. The van der Waals surface area contributed by atoms with E-state index in [4.69, 9.17) is 25.8 Å². The Kier molecular flexibility index (Phi) is 3.47. The first-order valence-corrected chi connectivity index (χ1v) is 10.2. The summed E-state index contributed by atoms with van der Waals surface area (Å²) in [6.45, 7) is 0.578. The summed E-state index contributed by atoms with van der Waals surface area (Å²) >= 11 is 7.48. The predicted octanol–water partition coefficient (Wildman–Crippen LogP) is 4.49. The number of thiophene rings is 1. The lowest BCUT2D eigenvalue weighted by molar-refractivity contribution is -0.122. The zero-order valence-corrected chi connectivity index (χ0v) is 16.5. The summed E-state index contributed by atoms with van der Waals surface area (Å²) in [7, 11) is 0. The molecule has 1 unspecified atom stereocenters. The maximum absolute atomic E-state index is 14.2. The molecule has 4 heterocycles. The number of halogens is 2. The Hall–Kier alpha value is -2.77. The van der Waals surface area contributed by atoms with Crippen LogP contribution in [-0.2, 0) is 16.8 Å². The van der Waals surface area contributed by atoms with E-state index < -0.39 is 11.2 Å². The van der Waals surface area contributed by atoms with E-state index in [2.05, 4.69) is 0 Å². The van der Waals surface area contributed by atoms with Crippen molar-refractivity contribution in [2.24, 2.45) is 0 Å². The molecule has 0 radical (unpaired) electrons. The van der Waals surface area contributed by atoms with Crippen LogP contribution in [0.4, 0.5) is 10.1 Å². The van der Waals surface area contributed by atoms with E-state index in [1.165, 1.54) is 23.5 Å². The molecule has 3 aliphatic rings. The van der Waals surface area contributed by atoms with Crippen LogP contribution in [0.1, 0.15) is 16.0 Å². The largest absolute Gasteiger partial charge is 0.491 e. The summed E-state index contributed by atoms with van der Waals surface area (Å²) < 4.78 is 31.7. The number of ether oxygens (including phenoxy) is 3. The van der Waals surface area contributed by atoms with Crippen LogP contribution < -0.4 is 19.1 Å². The predicted molar refractivity (Wildman–Crippen MR) is 106 cm³/mol. The summed E-state index contributed by atoms with van der Waals surface area (Å²) in [5.41, 5.74) is 0.831. The molecular weight excluding hydrogens is 417 g/mol. The van der Waals surface area contributed by atoms with Crippen LogP contribution in [0.15, 0.2) is 42.5 Å². The highest BCUT2D eigenvalue weighted by Gasteiger charge is 2.57. The molecule has 2 aromatic carbocycles. The van der Waals surface area contributed by atoms with Crippen molar-refractivity contribution in [2.75, 3.05) is 18.3 Å². The Morgan fingerprint density at radius 2 is 1.86 bits per heavy atom. The molecule has 29 heavy (non-hydrogen) atoms. The van der Waals surface area contributed by atoms with Gasteiger partial charge in [-0.05, 0) is 36.4 Å². The highest BCUT2D eigenvalue weighted by molar-refractivity contribution is 7.16. The molecule has 0 saturated heterocycles. The number of rotatable bonds is 2. The second kappa shape index (κ2) is 5.87. The molecule has 0 saturated carbocycles. The Morgan fingerprint density at radius 1 is 1.03 bits per heavy atom. The van der Waals surface area contributed by atoms with Gasteiger partial charge >= 0.3 is 0 Å². The van der Waals surface area contributed by atoms with Gasteiger partial charge < -0.3 is 19.1 Å². The number of carbonyl (C=O) groups excluding carboxylic acids is 1. The number of hydrogen-bond donors (Lipinski definition) is 0. The van der Waals surface area contributed by atoms with Crippen LogP contribution in [0, 0.1) is 5.82 Å². The molecule has 1 spiro atoms. The molecule has 0 bridgehead atoms. The molecule has 0 fully saturated rings. The molecule has 3 aliphatic heterocycles. The zero-order valence-electron chi connectivity index (χ0n) is 14.9. The summed E-state index contributed by atoms with van der Waals surface area (Å²) in [5.74, 6) is 1.14. The fraction of sp³-hybridized carbons (Fsp3) is 0.190. The molecule has 5 nitrogen and oxygen atoms in total. The Labute approximate surface area is 174 Å². The van der Waals surface area contributed by atoms with Gasteiger partial charge in [0.1, 0.15) is 23.6 Å². The first-order chi connectivity index (χ1) is 14.1. The van der Waals surface area contributed by atoms with E-state index in [0.717, 1.165) is 4.88 Å². The Balaban J connectivity index is 1.53. The van der Waals surface area contributed by atoms with E-state index in [0.29, 0.717) is 44.9 Å². The maximum Gasteiger partial charge on any atom is 0.246 e. The highest BCUT2D eigenvalue weighted by atomic mass is 35.5. The molecule has 3 aromatic rings. The molecule has 0 aliphatic carbocycles. The van der Waals surface area contributed by atoms with Gasteiger partial charge in [0.05, 0.1) is 10.9 Å². The number of amides is 1. The SMILES string of the molecule is O=C1N(Cc2ccc(Cl)s2)c2ccc(F)cc2C12COc1cc3c(cc12)OCO3. The summed E-state index contributed by atoms with van der Waals surface area (Å²) in [5, 5.41) is 0. The molecule has 8 heteroatoms. The van der Waals surface area contributed by atoms with Crippen LogP contribution in [0.3, 0.4) is 0 Å². The standard InChI is InChI=1S/C21H13ClFNO4S/c22-19-4-2-12(29-19)8-24-15-3-1-11(23)5-13(15)21(20(24)25)9-26-16-7-18-17(6-14(16)21)27-10-28-18/h1-7H,8-10H2. The Bertz CT molecular complexity index is 1200. The fourth-order valence-electron chi connectivity index (χ4n) is 4.33. The maximum atomic E-state index is 14.2. The van der Waals surface area contributed by atoms with Gasteiger partial charge in [-0.15, -0.1) is 11.3 Å². The average molecular weight is 430 g/mol. The molecule has 1 aromatic heterocycles. The minimum atomic E-state index is -1.12. The van der Waals surface area contributed by atoms with Gasteiger partial charge in [0.15, 0.2) is 11.5 Å². The molecular formula is C21H13ClFNO4S. The van der Waals surface area contributed by atoms with Crippen molar-refractivity contribution in [3.63, 3.8) is 0 Å². The van der Waals surface area contributed by atoms with Crippen molar-refractivity contribution in [2.45, 2.75) is 12.0 Å². The number of carbonyl (C=O) groups is 1. The van der Waals surface area contributed by atoms with Crippen LogP contribution in [0.2, 0.25) is 4.34 Å². The van der Waals surface area contributed by atoms with E-state index >= 15 is 0 Å². The van der Waals surface area contributed by atoms with E-state index in [-0.39, 0.29) is 19.3 Å². The third kappa shape index (κ3) is 2.28. The number of hydrogen-bond acceptors (Lipinski definition) is 5.